The lowest BCUT2D eigenvalue weighted by Gasteiger charge is -2.41. The summed E-state index contributed by atoms with van der Waals surface area (Å²) in [4.78, 5) is 35.6. The van der Waals surface area contributed by atoms with Crippen LogP contribution < -0.4 is 0 Å². The van der Waals surface area contributed by atoms with Gasteiger partial charge in [-0.1, -0.05) is 32.9 Å². The van der Waals surface area contributed by atoms with E-state index in [0.29, 0.717) is 25.7 Å². The lowest BCUT2D eigenvalue weighted by Crippen LogP contribution is -2.43. The second-order valence-corrected chi connectivity index (χ2v) is 8.67. The monoisotopic (exact) mass is 422 g/mol. The molecule has 0 amide bonds. The number of carboxylic acid groups (broad SMARTS) is 1. The molecule has 30 heavy (non-hydrogen) atoms. The molecule has 0 aliphatic heterocycles. The number of carboxylic acids is 1. The third kappa shape index (κ3) is 6.25. The van der Waals surface area contributed by atoms with Crippen LogP contribution in [0.5, 0.6) is 0 Å². The van der Waals surface area contributed by atoms with E-state index in [0.717, 1.165) is 5.57 Å². The van der Waals surface area contributed by atoms with Gasteiger partial charge >= 0.3 is 11.9 Å². The summed E-state index contributed by atoms with van der Waals surface area (Å²) in [6, 6.07) is 0. The van der Waals surface area contributed by atoms with Crippen LogP contribution in [-0.2, 0) is 19.1 Å². The zero-order valence-electron chi connectivity index (χ0n) is 18.0. The van der Waals surface area contributed by atoms with Crippen molar-refractivity contribution in [2.75, 3.05) is 0 Å². The summed E-state index contributed by atoms with van der Waals surface area (Å²) in [5.41, 5.74) is 0.858. The molecule has 0 radical (unpaired) electrons. The quantitative estimate of drug-likeness (QED) is 0.463. The molecule has 0 aromatic rings. The van der Waals surface area contributed by atoms with Crippen molar-refractivity contribution in [2.45, 2.75) is 77.6 Å². The summed E-state index contributed by atoms with van der Waals surface area (Å²) in [7, 11) is 0. The number of hydrogen-bond donors (Lipinski definition) is 3. The van der Waals surface area contributed by atoms with E-state index >= 15 is 0 Å². The van der Waals surface area contributed by atoms with E-state index in [1.54, 1.807) is 6.08 Å². The van der Waals surface area contributed by atoms with E-state index in [4.69, 9.17) is 9.84 Å². The molecule has 0 heterocycles. The fraction of sp³-hybridized carbons (Fsp3) is 0.696. The Hall–Kier alpha value is -1.99. The number of carbonyl (C=O) groups is 3. The van der Waals surface area contributed by atoms with Crippen LogP contribution in [0.25, 0.3) is 0 Å². The lowest BCUT2D eigenvalue weighted by atomic mass is 9.65. The largest absolute Gasteiger partial charge is 0.481 e. The molecular formula is C23H34O7. The fourth-order valence-electron chi connectivity index (χ4n) is 4.38. The number of esters is 1. The van der Waals surface area contributed by atoms with Gasteiger partial charge in [0.15, 0.2) is 5.78 Å². The number of ether oxygens (including phenoxy) is 1. The van der Waals surface area contributed by atoms with Crippen LogP contribution >= 0.6 is 0 Å². The molecule has 0 saturated heterocycles. The van der Waals surface area contributed by atoms with Gasteiger partial charge in [-0.05, 0) is 43.3 Å². The fourth-order valence-corrected chi connectivity index (χ4v) is 4.38. The summed E-state index contributed by atoms with van der Waals surface area (Å²) >= 11 is 0. The number of aliphatic hydroxyl groups excluding tert-OH is 2. The highest BCUT2D eigenvalue weighted by molar-refractivity contribution is 5.94. The number of aliphatic carboxylic acids is 1. The topological polar surface area (TPSA) is 121 Å². The standard InChI is InChI=1S/C23H34O7/c1-4-13(2)23(29)30-20-7-5-6-15-10-19(26)14(3)18(22(15)20)9-8-16(24)11-17(25)12-21(27)28/h5-6,10,13-14,16-18,20,22,24-25H,4,7-9,11-12H2,1-3H3,(H,27,28)/t13?,14-,16+,17+,18+,20-,22-/m0/s1. The molecule has 7 nitrogen and oxygen atoms in total. The molecule has 0 aromatic carbocycles. The average Bonchev–Trinajstić information content (AvgIpc) is 2.67. The molecule has 2 aliphatic rings. The number of aliphatic hydroxyl groups is 2. The van der Waals surface area contributed by atoms with Crippen molar-refractivity contribution in [2.24, 2.45) is 23.7 Å². The third-order valence-corrected chi connectivity index (χ3v) is 6.40. The molecule has 0 bridgehead atoms. The van der Waals surface area contributed by atoms with Gasteiger partial charge in [-0.15, -0.1) is 0 Å². The summed E-state index contributed by atoms with van der Waals surface area (Å²) in [6.45, 7) is 5.63. The predicted octanol–water partition coefficient (Wildman–Crippen LogP) is 2.65. The summed E-state index contributed by atoms with van der Waals surface area (Å²) in [5, 5.41) is 28.8. The second-order valence-electron chi connectivity index (χ2n) is 8.67. The van der Waals surface area contributed by atoms with E-state index in [2.05, 4.69) is 0 Å². The second kappa shape index (κ2) is 10.9. The molecule has 7 atom stereocenters. The molecule has 2 aliphatic carbocycles. The maximum atomic E-state index is 12.5. The molecule has 0 aromatic heterocycles. The number of ketones is 1. The van der Waals surface area contributed by atoms with Gasteiger partial charge in [-0.25, -0.2) is 0 Å². The molecule has 3 N–H and O–H groups in total. The first kappa shape index (κ1) is 24.3. The first-order chi connectivity index (χ1) is 14.1. The van der Waals surface area contributed by atoms with Crippen molar-refractivity contribution >= 4 is 17.7 Å². The van der Waals surface area contributed by atoms with Crippen LogP contribution in [0, 0.1) is 23.7 Å². The van der Waals surface area contributed by atoms with Gasteiger partial charge in [0.25, 0.3) is 0 Å². The molecule has 7 heteroatoms. The Morgan fingerprint density at radius 2 is 1.97 bits per heavy atom. The molecule has 0 spiro atoms. The zero-order valence-corrected chi connectivity index (χ0v) is 18.0. The Kier molecular flexibility index (Phi) is 8.79. The first-order valence-corrected chi connectivity index (χ1v) is 10.8. The molecule has 0 saturated carbocycles. The van der Waals surface area contributed by atoms with Gasteiger partial charge in [-0.3, -0.25) is 14.4 Å². The van der Waals surface area contributed by atoms with Crippen LogP contribution in [0.15, 0.2) is 23.8 Å². The van der Waals surface area contributed by atoms with Crippen molar-refractivity contribution in [3.05, 3.63) is 23.8 Å². The Morgan fingerprint density at radius 1 is 1.27 bits per heavy atom. The van der Waals surface area contributed by atoms with Gasteiger partial charge in [0.05, 0.1) is 24.5 Å². The number of carbonyl (C=O) groups excluding carboxylic acids is 2. The van der Waals surface area contributed by atoms with Crippen molar-refractivity contribution in [1.82, 2.24) is 0 Å². The van der Waals surface area contributed by atoms with Gasteiger partial charge in [-0.2, -0.15) is 0 Å². The summed E-state index contributed by atoms with van der Waals surface area (Å²) < 4.78 is 5.83. The maximum Gasteiger partial charge on any atom is 0.308 e. The number of fused-ring (bicyclic) bond motifs is 1. The minimum atomic E-state index is -1.11. The SMILES string of the molecule is CCC(C)C(=O)O[C@H]1CC=CC2=CC(=O)[C@@H](C)[C@@H](CC[C@@H](O)C[C@@H](O)CC(=O)O)[C@H]21. The average molecular weight is 423 g/mol. The highest BCUT2D eigenvalue weighted by Gasteiger charge is 2.43. The van der Waals surface area contributed by atoms with E-state index < -0.39 is 24.6 Å². The summed E-state index contributed by atoms with van der Waals surface area (Å²) in [5.74, 6) is -2.03. The van der Waals surface area contributed by atoms with Crippen molar-refractivity contribution in [1.29, 1.82) is 0 Å². The van der Waals surface area contributed by atoms with Crippen molar-refractivity contribution in [3.8, 4) is 0 Å². The molecular weight excluding hydrogens is 388 g/mol. The minimum absolute atomic E-state index is 0.0187. The van der Waals surface area contributed by atoms with Gasteiger partial charge in [0, 0.05) is 18.3 Å². The van der Waals surface area contributed by atoms with Crippen LogP contribution in [0.2, 0.25) is 0 Å². The zero-order chi connectivity index (χ0) is 22.4. The van der Waals surface area contributed by atoms with E-state index in [1.165, 1.54) is 0 Å². The number of rotatable bonds is 10. The lowest BCUT2D eigenvalue weighted by molar-refractivity contribution is -0.157. The van der Waals surface area contributed by atoms with Crippen LogP contribution in [0.4, 0.5) is 0 Å². The highest BCUT2D eigenvalue weighted by Crippen LogP contribution is 2.43. The highest BCUT2D eigenvalue weighted by atomic mass is 16.5. The smallest absolute Gasteiger partial charge is 0.308 e. The van der Waals surface area contributed by atoms with Crippen LogP contribution in [0.1, 0.15) is 59.3 Å². The van der Waals surface area contributed by atoms with Gasteiger partial charge in [0.2, 0.25) is 0 Å². The van der Waals surface area contributed by atoms with E-state index in [1.807, 2.05) is 32.9 Å². The van der Waals surface area contributed by atoms with Gasteiger partial charge in [0.1, 0.15) is 6.10 Å². The molecule has 1 unspecified atom stereocenters. The minimum Gasteiger partial charge on any atom is -0.481 e. The van der Waals surface area contributed by atoms with Gasteiger partial charge < -0.3 is 20.1 Å². The maximum absolute atomic E-state index is 12.5. The number of hydrogen-bond acceptors (Lipinski definition) is 6. The molecule has 0 fully saturated rings. The normalized spacial score (nSPS) is 28.8. The summed E-state index contributed by atoms with van der Waals surface area (Å²) in [6.07, 6.45) is 4.84. The molecule has 168 valence electrons. The Balaban J connectivity index is 2.10. The third-order valence-electron chi connectivity index (χ3n) is 6.40. The predicted molar refractivity (Wildman–Crippen MR) is 110 cm³/mol. The van der Waals surface area contributed by atoms with Crippen LogP contribution in [0.3, 0.4) is 0 Å². The van der Waals surface area contributed by atoms with Crippen LogP contribution in [-0.4, -0.2) is 51.4 Å². The van der Waals surface area contributed by atoms with E-state index in [9.17, 15) is 24.6 Å². The molecule has 2 rings (SSSR count). The Morgan fingerprint density at radius 3 is 2.60 bits per heavy atom. The Bertz CT molecular complexity index is 696. The number of allylic oxidation sites excluding steroid dienone is 2. The Labute approximate surface area is 177 Å². The van der Waals surface area contributed by atoms with Crippen molar-refractivity contribution in [3.63, 3.8) is 0 Å². The van der Waals surface area contributed by atoms with Crippen molar-refractivity contribution < 1.29 is 34.4 Å². The first-order valence-electron chi connectivity index (χ1n) is 10.8. The van der Waals surface area contributed by atoms with E-state index in [-0.39, 0.29) is 47.9 Å².